The van der Waals surface area contributed by atoms with E-state index in [1.807, 2.05) is 19.1 Å². The Labute approximate surface area is 166 Å². The van der Waals surface area contributed by atoms with Gasteiger partial charge < -0.3 is 5.32 Å². The first kappa shape index (κ1) is 20.6. The molecule has 0 aliphatic carbocycles. The van der Waals surface area contributed by atoms with Gasteiger partial charge in [0, 0.05) is 9.26 Å². The summed E-state index contributed by atoms with van der Waals surface area (Å²) >= 11 is 2.18. The van der Waals surface area contributed by atoms with Crippen LogP contribution in [0.3, 0.4) is 0 Å². The minimum atomic E-state index is -3.75. The fourth-order valence-corrected chi connectivity index (χ4v) is 4.49. The monoisotopic (exact) mass is 490 g/mol. The third-order valence-corrected chi connectivity index (χ3v) is 5.71. The second kappa shape index (κ2) is 8.34. The molecule has 140 valence electrons. The Hall–Kier alpha value is -1.68. The molecule has 1 amide bonds. The van der Waals surface area contributed by atoms with Gasteiger partial charge in [0.1, 0.15) is 11.9 Å². The molecule has 1 unspecified atom stereocenters. The van der Waals surface area contributed by atoms with Crippen LogP contribution in [0.5, 0.6) is 0 Å². The topological polar surface area (TPSA) is 66.5 Å². The average Bonchev–Trinajstić information content (AvgIpc) is 2.55. The number of carbonyl (C=O) groups excluding carboxylic acids is 1. The molecule has 2 aromatic carbocycles. The van der Waals surface area contributed by atoms with Gasteiger partial charge in [-0.1, -0.05) is 6.92 Å². The molecule has 0 aliphatic heterocycles. The minimum Gasteiger partial charge on any atom is -0.324 e. The number of anilines is 2. The molecule has 2 aromatic rings. The van der Waals surface area contributed by atoms with Gasteiger partial charge in [-0.15, -0.1) is 0 Å². The molecule has 26 heavy (non-hydrogen) atoms. The summed E-state index contributed by atoms with van der Waals surface area (Å²) in [6, 6.07) is 9.65. The Balaban J connectivity index is 2.38. The Morgan fingerprint density at radius 1 is 1.23 bits per heavy atom. The van der Waals surface area contributed by atoms with Gasteiger partial charge in [0.25, 0.3) is 0 Å². The Kier molecular flexibility index (Phi) is 6.62. The molecule has 0 bridgehead atoms. The normalized spacial score (nSPS) is 12.5. The molecule has 0 radical (unpaired) electrons. The van der Waals surface area contributed by atoms with Crippen molar-refractivity contribution in [3.63, 3.8) is 0 Å². The van der Waals surface area contributed by atoms with Crippen LogP contribution in [0.1, 0.15) is 18.9 Å². The van der Waals surface area contributed by atoms with E-state index in [9.17, 15) is 17.6 Å². The number of hydrogen-bond acceptors (Lipinski definition) is 3. The molecule has 0 spiro atoms. The predicted octanol–water partition coefficient (Wildman–Crippen LogP) is 3.92. The van der Waals surface area contributed by atoms with Crippen molar-refractivity contribution < 1.29 is 17.6 Å². The van der Waals surface area contributed by atoms with E-state index in [0.29, 0.717) is 5.69 Å². The fraction of sp³-hybridized carbons (Fsp3) is 0.278. The van der Waals surface area contributed by atoms with Crippen LogP contribution in [0.25, 0.3) is 0 Å². The van der Waals surface area contributed by atoms with Gasteiger partial charge in [0.05, 0.1) is 11.9 Å². The number of nitrogens with one attached hydrogen (secondary N) is 1. The number of sulfonamides is 1. The standard InChI is InChI=1S/C18H20FIN2O3S/c1-4-17(18(23)21-16-10-7-14(20)11-12(16)2)22(26(3,24)25)15-8-5-13(19)6-9-15/h5-11,17H,4H2,1-3H3,(H,21,23). The maximum atomic E-state index is 13.2. The van der Waals surface area contributed by atoms with E-state index in [0.717, 1.165) is 19.7 Å². The summed E-state index contributed by atoms with van der Waals surface area (Å²) in [5.74, 6) is -0.916. The SMILES string of the molecule is CCC(C(=O)Nc1ccc(I)cc1C)N(c1ccc(F)cc1)S(C)(=O)=O. The summed E-state index contributed by atoms with van der Waals surface area (Å²) in [4.78, 5) is 12.8. The van der Waals surface area contributed by atoms with Crippen LogP contribution in [0.4, 0.5) is 15.8 Å². The minimum absolute atomic E-state index is 0.246. The van der Waals surface area contributed by atoms with Crippen LogP contribution in [0.2, 0.25) is 0 Å². The number of aryl methyl sites for hydroxylation is 1. The van der Waals surface area contributed by atoms with Crippen LogP contribution in [-0.2, 0) is 14.8 Å². The molecular weight excluding hydrogens is 470 g/mol. The molecule has 1 N–H and O–H groups in total. The number of hydrogen-bond donors (Lipinski definition) is 1. The summed E-state index contributed by atoms with van der Waals surface area (Å²) in [7, 11) is -3.75. The molecule has 0 aromatic heterocycles. The van der Waals surface area contributed by atoms with E-state index < -0.39 is 27.8 Å². The van der Waals surface area contributed by atoms with E-state index in [1.54, 1.807) is 13.0 Å². The molecule has 1 atom stereocenters. The van der Waals surface area contributed by atoms with Gasteiger partial charge in [0.2, 0.25) is 15.9 Å². The zero-order valence-electron chi connectivity index (χ0n) is 14.7. The number of amides is 1. The van der Waals surface area contributed by atoms with Gasteiger partial charge >= 0.3 is 0 Å². The van der Waals surface area contributed by atoms with Gasteiger partial charge in [-0.05, 0) is 84.0 Å². The van der Waals surface area contributed by atoms with Crippen LogP contribution in [0, 0.1) is 16.3 Å². The Morgan fingerprint density at radius 2 is 1.85 bits per heavy atom. The second-order valence-electron chi connectivity index (χ2n) is 5.91. The first-order valence-corrected chi connectivity index (χ1v) is 10.9. The highest BCUT2D eigenvalue weighted by atomic mass is 127. The van der Waals surface area contributed by atoms with Crippen LogP contribution < -0.4 is 9.62 Å². The molecule has 2 rings (SSSR count). The van der Waals surface area contributed by atoms with E-state index in [2.05, 4.69) is 27.9 Å². The molecule has 0 heterocycles. The maximum absolute atomic E-state index is 13.2. The summed E-state index contributed by atoms with van der Waals surface area (Å²) < 4.78 is 39.9. The van der Waals surface area contributed by atoms with Crippen molar-refractivity contribution in [1.29, 1.82) is 0 Å². The summed E-state index contributed by atoms with van der Waals surface area (Å²) in [5.41, 5.74) is 1.75. The zero-order valence-corrected chi connectivity index (χ0v) is 17.6. The number of halogens is 2. The molecule has 0 fully saturated rings. The highest BCUT2D eigenvalue weighted by molar-refractivity contribution is 14.1. The zero-order chi connectivity index (χ0) is 19.5. The third kappa shape index (κ3) is 4.94. The van der Waals surface area contributed by atoms with Crippen LogP contribution in [-0.4, -0.2) is 26.6 Å². The maximum Gasteiger partial charge on any atom is 0.248 e. The molecule has 5 nitrogen and oxygen atoms in total. The van der Waals surface area contributed by atoms with Crippen molar-refractivity contribution in [2.75, 3.05) is 15.9 Å². The fourth-order valence-electron chi connectivity index (χ4n) is 2.63. The number of rotatable bonds is 6. The van der Waals surface area contributed by atoms with E-state index >= 15 is 0 Å². The van der Waals surface area contributed by atoms with Crippen molar-refractivity contribution in [3.05, 3.63) is 57.4 Å². The molecule has 0 saturated carbocycles. The third-order valence-electron chi connectivity index (χ3n) is 3.86. The number of carbonyl (C=O) groups is 1. The lowest BCUT2D eigenvalue weighted by Gasteiger charge is -2.30. The summed E-state index contributed by atoms with van der Waals surface area (Å²) in [5, 5.41) is 2.80. The highest BCUT2D eigenvalue weighted by Crippen LogP contribution is 2.24. The van der Waals surface area contributed by atoms with E-state index in [1.165, 1.54) is 24.3 Å². The second-order valence-corrected chi connectivity index (χ2v) is 9.01. The predicted molar refractivity (Wildman–Crippen MR) is 110 cm³/mol. The summed E-state index contributed by atoms with van der Waals surface area (Å²) in [6.45, 7) is 3.60. The quantitative estimate of drug-likeness (QED) is 0.625. The first-order chi connectivity index (χ1) is 12.1. The van der Waals surface area contributed by atoms with Crippen molar-refractivity contribution in [1.82, 2.24) is 0 Å². The van der Waals surface area contributed by atoms with E-state index in [4.69, 9.17) is 0 Å². The average molecular weight is 490 g/mol. The lowest BCUT2D eigenvalue weighted by Crippen LogP contribution is -2.47. The lowest BCUT2D eigenvalue weighted by molar-refractivity contribution is -0.117. The first-order valence-electron chi connectivity index (χ1n) is 7.95. The van der Waals surface area contributed by atoms with Crippen molar-refractivity contribution >= 4 is 49.9 Å². The van der Waals surface area contributed by atoms with Crippen molar-refractivity contribution in [2.45, 2.75) is 26.3 Å². The summed E-state index contributed by atoms with van der Waals surface area (Å²) in [6.07, 6.45) is 1.29. The van der Waals surface area contributed by atoms with Gasteiger partial charge in [0.15, 0.2) is 0 Å². The number of nitrogens with zero attached hydrogens (tertiary/aromatic N) is 1. The van der Waals surface area contributed by atoms with Crippen LogP contribution in [0.15, 0.2) is 42.5 Å². The highest BCUT2D eigenvalue weighted by Gasteiger charge is 2.31. The molecular formula is C18H20FIN2O3S. The van der Waals surface area contributed by atoms with Gasteiger partial charge in [-0.3, -0.25) is 9.10 Å². The largest absolute Gasteiger partial charge is 0.324 e. The van der Waals surface area contributed by atoms with Crippen LogP contribution >= 0.6 is 22.6 Å². The Morgan fingerprint density at radius 3 is 2.35 bits per heavy atom. The molecule has 8 heteroatoms. The van der Waals surface area contributed by atoms with Gasteiger partial charge in [-0.25, -0.2) is 12.8 Å². The lowest BCUT2D eigenvalue weighted by atomic mass is 10.1. The molecule has 0 saturated heterocycles. The van der Waals surface area contributed by atoms with Crippen molar-refractivity contribution in [2.24, 2.45) is 0 Å². The van der Waals surface area contributed by atoms with E-state index in [-0.39, 0.29) is 12.1 Å². The van der Waals surface area contributed by atoms with Crippen molar-refractivity contribution in [3.8, 4) is 0 Å². The Bertz CT molecular complexity index is 901. The van der Waals surface area contributed by atoms with Gasteiger partial charge in [-0.2, -0.15) is 0 Å². The molecule has 0 aliphatic rings. The number of benzene rings is 2. The smallest absolute Gasteiger partial charge is 0.248 e.